The first kappa shape index (κ1) is 16.3. The Bertz CT molecular complexity index is 477. The number of benzene rings is 1. The first-order valence-electron chi connectivity index (χ1n) is 6.82. The van der Waals surface area contributed by atoms with Gasteiger partial charge in [0.05, 0.1) is 18.4 Å². The first-order valence-corrected chi connectivity index (χ1v) is 6.82. The third-order valence-electron chi connectivity index (χ3n) is 3.40. The molecule has 1 aromatic carbocycles. The fraction of sp³-hybridized carbons (Fsp3) is 0.533. The zero-order valence-corrected chi connectivity index (χ0v) is 12.5. The molecule has 0 saturated heterocycles. The molecule has 5 heteroatoms. The van der Waals surface area contributed by atoms with Crippen LogP contribution in [0, 0.1) is 11.7 Å². The normalized spacial score (nSPS) is 13.7. The summed E-state index contributed by atoms with van der Waals surface area (Å²) in [6.07, 6.45) is 2.00. The molecule has 4 nitrogen and oxygen atoms in total. The molecular formula is C15H23FN2O2. The van der Waals surface area contributed by atoms with E-state index in [-0.39, 0.29) is 23.0 Å². The number of carbonyl (C=O) groups is 1. The summed E-state index contributed by atoms with van der Waals surface area (Å²) < 4.78 is 18.5. The Morgan fingerprint density at radius 3 is 2.65 bits per heavy atom. The lowest BCUT2D eigenvalue weighted by atomic mass is 10.00. The molecule has 0 fully saturated rings. The number of nitrogens with two attached hydrogens (primary N) is 1. The summed E-state index contributed by atoms with van der Waals surface area (Å²) in [4.78, 5) is 11.6. The molecule has 2 unspecified atom stereocenters. The second kappa shape index (κ2) is 7.12. The Labute approximate surface area is 119 Å². The van der Waals surface area contributed by atoms with Crippen LogP contribution in [-0.2, 0) is 4.74 Å². The van der Waals surface area contributed by atoms with Crippen LogP contribution in [0.2, 0.25) is 0 Å². The van der Waals surface area contributed by atoms with Gasteiger partial charge >= 0.3 is 5.97 Å². The summed E-state index contributed by atoms with van der Waals surface area (Å²) in [7, 11) is 1.27. The van der Waals surface area contributed by atoms with Crippen molar-refractivity contribution in [2.75, 3.05) is 18.2 Å². The standard InChI is InChI=1S/C15H23FN2O2/c1-5-9(2)6-10(3)18-14-7-11(15(19)20-4)13(17)8-12(14)16/h7-10,18H,5-6,17H2,1-4H3. The molecule has 3 N–H and O–H groups in total. The summed E-state index contributed by atoms with van der Waals surface area (Å²) in [5, 5.41) is 3.08. The molecule has 0 heterocycles. The van der Waals surface area contributed by atoms with Crippen LogP contribution in [0.25, 0.3) is 0 Å². The molecule has 0 aliphatic rings. The van der Waals surface area contributed by atoms with Crippen molar-refractivity contribution in [3.8, 4) is 0 Å². The SMILES string of the molecule is CCC(C)CC(C)Nc1cc(C(=O)OC)c(N)cc1F. The first-order chi connectivity index (χ1) is 9.38. The summed E-state index contributed by atoms with van der Waals surface area (Å²) >= 11 is 0. The van der Waals surface area contributed by atoms with E-state index in [1.807, 2.05) is 6.92 Å². The van der Waals surface area contributed by atoms with Gasteiger partial charge in [0.1, 0.15) is 5.82 Å². The molecule has 0 aromatic heterocycles. The minimum absolute atomic E-state index is 0.0782. The van der Waals surface area contributed by atoms with E-state index in [0.29, 0.717) is 5.92 Å². The van der Waals surface area contributed by atoms with Gasteiger partial charge in [0.2, 0.25) is 0 Å². The van der Waals surface area contributed by atoms with Gasteiger partial charge in [-0.2, -0.15) is 0 Å². The predicted molar refractivity (Wildman–Crippen MR) is 79.3 cm³/mol. The molecule has 0 saturated carbocycles. The highest BCUT2D eigenvalue weighted by atomic mass is 19.1. The van der Waals surface area contributed by atoms with Crippen LogP contribution in [-0.4, -0.2) is 19.1 Å². The van der Waals surface area contributed by atoms with Gasteiger partial charge in [-0.25, -0.2) is 9.18 Å². The number of ether oxygens (including phenoxy) is 1. The van der Waals surface area contributed by atoms with E-state index in [9.17, 15) is 9.18 Å². The lowest BCUT2D eigenvalue weighted by Gasteiger charge is -2.19. The van der Waals surface area contributed by atoms with E-state index < -0.39 is 11.8 Å². The Morgan fingerprint density at radius 1 is 1.45 bits per heavy atom. The van der Waals surface area contributed by atoms with E-state index in [1.54, 1.807) is 0 Å². The van der Waals surface area contributed by atoms with Crippen molar-refractivity contribution in [3.05, 3.63) is 23.5 Å². The van der Waals surface area contributed by atoms with E-state index in [0.717, 1.165) is 18.9 Å². The number of methoxy groups -OCH3 is 1. The number of nitrogens with one attached hydrogen (secondary N) is 1. The molecular weight excluding hydrogens is 259 g/mol. The molecule has 0 radical (unpaired) electrons. The molecule has 0 aliphatic heterocycles. The molecule has 20 heavy (non-hydrogen) atoms. The largest absolute Gasteiger partial charge is 0.465 e. The van der Waals surface area contributed by atoms with E-state index >= 15 is 0 Å². The Morgan fingerprint density at radius 2 is 2.10 bits per heavy atom. The average Bonchev–Trinajstić information content (AvgIpc) is 2.40. The summed E-state index contributed by atoms with van der Waals surface area (Å²) in [6, 6.07) is 2.65. The van der Waals surface area contributed by atoms with Crippen LogP contribution in [0.3, 0.4) is 0 Å². The number of hydrogen-bond acceptors (Lipinski definition) is 4. The van der Waals surface area contributed by atoms with Crippen molar-refractivity contribution < 1.29 is 13.9 Å². The number of carbonyl (C=O) groups excluding carboxylic acids is 1. The third-order valence-corrected chi connectivity index (χ3v) is 3.40. The van der Waals surface area contributed by atoms with Gasteiger partial charge in [0.15, 0.2) is 0 Å². The summed E-state index contributed by atoms with van der Waals surface area (Å²) in [6.45, 7) is 6.26. The van der Waals surface area contributed by atoms with Crippen molar-refractivity contribution in [1.29, 1.82) is 0 Å². The van der Waals surface area contributed by atoms with Crippen LogP contribution < -0.4 is 11.1 Å². The van der Waals surface area contributed by atoms with Crippen LogP contribution >= 0.6 is 0 Å². The van der Waals surface area contributed by atoms with E-state index in [2.05, 4.69) is 23.9 Å². The molecule has 0 bridgehead atoms. The number of nitrogen functional groups attached to an aromatic ring is 1. The number of halogens is 1. The lowest BCUT2D eigenvalue weighted by Crippen LogP contribution is -2.19. The zero-order valence-electron chi connectivity index (χ0n) is 12.5. The number of anilines is 2. The second-order valence-electron chi connectivity index (χ2n) is 5.21. The summed E-state index contributed by atoms with van der Waals surface area (Å²) in [5.41, 5.74) is 6.16. The van der Waals surface area contributed by atoms with Crippen LogP contribution in [0.15, 0.2) is 12.1 Å². The van der Waals surface area contributed by atoms with Gasteiger partial charge in [-0.05, 0) is 31.4 Å². The molecule has 1 rings (SSSR count). The van der Waals surface area contributed by atoms with Crippen molar-refractivity contribution in [3.63, 3.8) is 0 Å². The number of rotatable bonds is 6. The van der Waals surface area contributed by atoms with Gasteiger partial charge in [-0.1, -0.05) is 20.3 Å². The molecule has 1 aromatic rings. The van der Waals surface area contributed by atoms with Crippen LogP contribution in [0.4, 0.5) is 15.8 Å². The maximum atomic E-state index is 13.9. The average molecular weight is 282 g/mol. The van der Waals surface area contributed by atoms with E-state index in [1.165, 1.54) is 13.2 Å². The fourth-order valence-electron chi connectivity index (χ4n) is 2.08. The monoisotopic (exact) mass is 282 g/mol. The van der Waals surface area contributed by atoms with Gasteiger partial charge < -0.3 is 15.8 Å². The quantitative estimate of drug-likeness (QED) is 0.619. The second-order valence-corrected chi connectivity index (χ2v) is 5.21. The van der Waals surface area contributed by atoms with Crippen LogP contribution in [0.1, 0.15) is 44.0 Å². The summed E-state index contributed by atoms with van der Waals surface area (Å²) in [5.74, 6) is -0.485. The molecule has 2 atom stereocenters. The number of hydrogen-bond donors (Lipinski definition) is 2. The Hall–Kier alpha value is -1.78. The predicted octanol–water partition coefficient (Wildman–Crippen LogP) is 3.43. The van der Waals surface area contributed by atoms with Gasteiger partial charge in [0, 0.05) is 11.7 Å². The topological polar surface area (TPSA) is 64.3 Å². The highest BCUT2D eigenvalue weighted by Crippen LogP contribution is 2.24. The minimum Gasteiger partial charge on any atom is -0.465 e. The van der Waals surface area contributed by atoms with Gasteiger partial charge in [-0.15, -0.1) is 0 Å². The highest BCUT2D eigenvalue weighted by Gasteiger charge is 2.16. The molecule has 0 spiro atoms. The maximum absolute atomic E-state index is 13.9. The minimum atomic E-state index is -0.569. The third kappa shape index (κ3) is 4.11. The molecule has 0 aliphatic carbocycles. The van der Waals surface area contributed by atoms with Crippen molar-refractivity contribution in [1.82, 2.24) is 0 Å². The van der Waals surface area contributed by atoms with Gasteiger partial charge in [0.25, 0.3) is 0 Å². The highest BCUT2D eigenvalue weighted by molar-refractivity contribution is 5.96. The maximum Gasteiger partial charge on any atom is 0.340 e. The van der Waals surface area contributed by atoms with E-state index in [4.69, 9.17) is 5.73 Å². The van der Waals surface area contributed by atoms with Gasteiger partial charge in [-0.3, -0.25) is 0 Å². The van der Waals surface area contributed by atoms with Crippen molar-refractivity contribution in [2.24, 2.45) is 5.92 Å². The molecule has 0 amide bonds. The fourth-order valence-corrected chi connectivity index (χ4v) is 2.08. The van der Waals surface area contributed by atoms with Crippen LogP contribution in [0.5, 0.6) is 0 Å². The zero-order chi connectivity index (χ0) is 15.3. The van der Waals surface area contributed by atoms with Crippen molar-refractivity contribution >= 4 is 17.3 Å². The van der Waals surface area contributed by atoms with Crippen molar-refractivity contribution in [2.45, 2.75) is 39.7 Å². The lowest BCUT2D eigenvalue weighted by molar-refractivity contribution is 0.0602. The molecule has 112 valence electrons. The Kier molecular flexibility index (Phi) is 5.80. The Balaban J connectivity index is 2.92. The smallest absolute Gasteiger partial charge is 0.340 e. The number of esters is 1.